The van der Waals surface area contributed by atoms with Gasteiger partial charge in [-0.15, -0.1) is 11.7 Å². The van der Waals surface area contributed by atoms with Crippen LogP contribution in [-0.2, 0) is 16.8 Å². The summed E-state index contributed by atoms with van der Waals surface area (Å²) in [4.78, 5) is 17.0. The molecule has 0 N–H and O–H groups in total. The molecule has 25 heavy (non-hydrogen) atoms. The molecule has 0 saturated carbocycles. The number of piperidine rings is 3. The minimum atomic E-state index is 0.0252. The first kappa shape index (κ1) is 18.1. The largest absolute Gasteiger partial charge is 0.342 e. The van der Waals surface area contributed by atoms with E-state index in [0.717, 1.165) is 38.2 Å². The average Bonchev–Trinajstić information content (AvgIpc) is 3.04. The molecule has 0 aliphatic carbocycles. The van der Waals surface area contributed by atoms with Crippen molar-refractivity contribution in [1.82, 2.24) is 24.8 Å². The summed E-state index contributed by atoms with van der Waals surface area (Å²) < 4.78 is 1.98. The van der Waals surface area contributed by atoms with Crippen LogP contribution in [0.4, 0.5) is 0 Å². The molecule has 1 amide bonds. The van der Waals surface area contributed by atoms with Crippen LogP contribution >= 0.6 is 0 Å². The number of amides is 1. The lowest BCUT2D eigenvalue weighted by molar-refractivity contribution is -0.142. The summed E-state index contributed by atoms with van der Waals surface area (Å²) in [7, 11) is 1.88. The summed E-state index contributed by atoms with van der Waals surface area (Å²) in [6, 6.07) is 0.460. The molecular weight excluding hydrogens is 314 g/mol. The van der Waals surface area contributed by atoms with E-state index in [4.69, 9.17) is 0 Å². The highest BCUT2D eigenvalue weighted by atomic mass is 16.2. The van der Waals surface area contributed by atoms with Gasteiger partial charge in [0.25, 0.3) is 0 Å². The maximum Gasteiger partial charge on any atom is 0.227 e. The van der Waals surface area contributed by atoms with Gasteiger partial charge in [0.1, 0.15) is 0 Å². The van der Waals surface area contributed by atoms with Gasteiger partial charge in [-0.3, -0.25) is 14.4 Å². The van der Waals surface area contributed by atoms with Crippen molar-refractivity contribution in [3.8, 4) is 0 Å². The highest BCUT2D eigenvalue weighted by Crippen LogP contribution is 2.37. The number of carbonyl (C=O) groups is 1. The maximum atomic E-state index is 12.7. The van der Waals surface area contributed by atoms with Crippen LogP contribution in [-0.4, -0.2) is 63.4 Å². The van der Waals surface area contributed by atoms with E-state index in [2.05, 4.69) is 48.8 Å². The Bertz CT molecular complexity index is 632. The van der Waals surface area contributed by atoms with E-state index in [9.17, 15) is 4.79 Å². The van der Waals surface area contributed by atoms with Crippen molar-refractivity contribution < 1.29 is 4.79 Å². The lowest BCUT2D eigenvalue weighted by atomic mass is 9.75. The third-order valence-electron chi connectivity index (χ3n) is 5.68. The van der Waals surface area contributed by atoms with E-state index in [1.54, 1.807) is 6.08 Å². The summed E-state index contributed by atoms with van der Waals surface area (Å²) in [5.74, 6) is 0.889. The molecule has 0 spiro atoms. The molecule has 3 fully saturated rings. The summed E-state index contributed by atoms with van der Waals surface area (Å²) >= 11 is 0. The van der Waals surface area contributed by atoms with Gasteiger partial charge in [-0.2, -0.15) is 0 Å². The van der Waals surface area contributed by atoms with Gasteiger partial charge >= 0.3 is 0 Å². The number of rotatable bonds is 5. The monoisotopic (exact) mass is 345 g/mol. The van der Waals surface area contributed by atoms with Crippen LogP contribution in [0.1, 0.15) is 39.3 Å². The molecule has 4 heterocycles. The summed E-state index contributed by atoms with van der Waals surface area (Å²) in [6.45, 7) is 13.7. The molecule has 6 heteroatoms. The van der Waals surface area contributed by atoms with E-state index in [-0.39, 0.29) is 17.2 Å². The number of hydrogen-bond donors (Lipinski definition) is 0. The molecule has 1 aromatic rings. The first-order valence-electron chi connectivity index (χ1n) is 9.30. The molecule has 0 aromatic carbocycles. The fourth-order valence-electron chi connectivity index (χ4n) is 4.12. The molecule has 6 nitrogen and oxygen atoms in total. The Morgan fingerprint density at radius 3 is 2.80 bits per heavy atom. The average molecular weight is 345 g/mol. The number of fused-ring (bicyclic) bond motifs is 3. The lowest BCUT2D eigenvalue weighted by Gasteiger charge is -2.49. The van der Waals surface area contributed by atoms with Gasteiger partial charge in [-0.25, -0.2) is 0 Å². The van der Waals surface area contributed by atoms with Crippen LogP contribution in [0.3, 0.4) is 0 Å². The van der Waals surface area contributed by atoms with Crippen LogP contribution in [0.25, 0.3) is 0 Å². The van der Waals surface area contributed by atoms with Crippen LogP contribution in [0.5, 0.6) is 0 Å². The summed E-state index contributed by atoms with van der Waals surface area (Å²) in [5.41, 5.74) is 1.06. The summed E-state index contributed by atoms with van der Waals surface area (Å²) in [5, 5.41) is 8.65. The predicted octanol–water partition coefficient (Wildman–Crippen LogP) is 1.93. The molecular formula is C19H31N5O. The van der Waals surface area contributed by atoms with Gasteiger partial charge in [-0.05, 0) is 25.3 Å². The standard InChI is InChI=1S/C19H31N5O/c1-6-8-22(5)18(25)16-12-23-9-7-14(16)10-15(23)11-24-13-17(20-21-24)19(2,3)4/h6,13-16H,1,7-12H2,2-5H3. The third kappa shape index (κ3) is 3.78. The highest BCUT2D eigenvalue weighted by molar-refractivity contribution is 5.79. The van der Waals surface area contributed by atoms with E-state index >= 15 is 0 Å². The second-order valence-corrected chi connectivity index (χ2v) is 8.62. The second-order valence-electron chi connectivity index (χ2n) is 8.62. The van der Waals surface area contributed by atoms with Crippen LogP contribution in [0, 0.1) is 11.8 Å². The molecule has 1 aromatic heterocycles. The maximum absolute atomic E-state index is 12.7. The zero-order valence-corrected chi connectivity index (χ0v) is 16.0. The van der Waals surface area contributed by atoms with E-state index in [1.165, 1.54) is 0 Å². The van der Waals surface area contributed by atoms with Crippen molar-refractivity contribution in [3.05, 3.63) is 24.5 Å². The Kier molecular flexibility index (Phi) is 5.00. The molecule has 3 aliphatic rings. The van der Waals surface area contributed by atoms with Crippen molar-refractivity contribution in [2.45, 2.75) is 51.6 Å². The molecule has 138 valence electrons. The predicted molar refractivity (Wildman–Crippen MR) is 98.1 cm³/mol. The van der Waals surface area contributed by atoms with Gasteiger partial charge in [-0.1, -0.05) is 32.1 Å². The minimum absolute atomic E-state index is 0.0252. The van der Waals surface area contributed by atoms with Crippen molar-refractivity contribution in [1.29, 1.82) is 0 Å². The molecule has 4 unspecified atom stereocenters. The van der Waals surface area contributed by atoms with E-state index in [0.29, 0.717) is 18.5 Å². The fourth-order valence-corrected chi connectivity index (χ4v) is 4.12. The topological polar surface area (TPSA) is 54.3 Å². The van der Waals surface area contributed by atoms with Crippen molar-refractivity contribution in [3.63, 3.8) is 0 Å². The zero-order valence-electron chi connectivity index (χ0n) is 16.0. The van der Waals surface area contributed by atoms with Crippen LogP contribution in [0.15, 0.2) is 18.9 Å². The quantitative estimate of drug-likeness (QED) is 0.765. The van der Waals surface area contributed by atoms with Crippen LogP contribution in [0.2, 0.25) is 0 Å². The first-order chi connectivity index (χ1) is 11.8. The molecule has 3 aliphatic heterocycles. The Morgan fingerprint density at radius 2 is 2.24 bits per heavy atom. The van der Waals surface area contributed by atoms with E-state index < -0.39 is 0 Å². The number of carbonyl (C=O) groups excluding carboxylic acids is 1. The van der Waals surface area contributed by atoms with Crippen molar-refractivity contribution in [2.24, 2.45) is 11.8 Å². The number of likely N-dealkylation sites (N-methyl/N-ethyl adjacent to an activating group) is 1. The van der Waals surface area contributed by atoms with Crippen molar-refractivity contribution >= 4 is 5.91 Å². The van der Waals surface area contributed by atoms with Gasteiger partial charge in [0.05, 0.1) is 18.2 Å². The van der Waals surface area contributed by atoms with Gasteiger partial charge in [0.2, 0.25) is 5.91 Å². The van der Waals surface area contributed by atoms with Crippen molar-refractivity contribution in [2.75, 3.05) is 26.7 Å². The normalized spacial score (nSPS) is 28.8. The Labute approximate surface area is 150 Å². The number of nitrogens with zero attached hydrogens (tertiary/aromatic N) is 5. The zero-order chi connectivity index (χ0) is 18.2. The molecule has 2 bridgehead atoms. The van der Waals surface area contributed by atoms with Gasteiger partial charge in [0, 0.05) is 37.8 Å². The number of hydrogen-bond acceptors (Lipinski definition) is 4. The van der Waals surface area contributed by atoms with Gasteiger partial charge < -0.3 is 4.90 Å². The fraction of sp³-hybridized carbons (Fsp3) is 0.737. The molecule has 4 rings (SSSR count). The Hall–Kier alpha value is -1.69. The SMILES string of the molecule is C=CCN(C)C(=O)C1CN2CCC1CC2Cn1cc(C(C)(C)C)nn1. The number of aromatic nitrogens is 3. The lowest BCUT2D eigenvalue weighted by Crippen LogP contribution is -2.58. The third-order valence-corrected chi connectivity index (χ3v) is 5.68. The van der Waals surface area contributed by atoms with Crippen LogP contribution < -0.4 is 0 Å². The second kappa shape index (κ2) is 6.90. The molecule has 4 atom stereocenters. The smallest absolute Gasteiger partial charge is 0.227 e. The first-order valence-corrected chi connectivity index (χ1v) is 9.30. The highest BCUT2D eigenvalue weighted by Gasteiger charge is 2.44. The minimum Gasteiger partial charge on any atom is -0.342 e. The summed E-state index contributed by atoms with van der Waals surface area (Å²) in [6.07, 6.45) is 6.06. The van der Waals surface area contributed by atoms with E-state index in [1.807, 2.05) is 16.6 Å². The molecule has 0 radical (unpaired) electrons. The Balaban J connectivity index is 1.63. The van der Waals surface area contributed by atoms with Gasteiger partial charge in [0.15, 0.2) is 0 Å². The molecule has 3 saturated heterocycles. The Morgan fingerprint density at radius 1 is 1.48 bits per heavy atom.